The highest BCUT2D eigenvalue weighted by Crippen LogP contribution is 2.28. The van der Waals surface area contributed by atoms with Gasteiger partial charge in [0.1, 0.15) is 24.5 Å². The smallest absolute Gasteiger partial charge is 0.138 e. The number of nitrogen functional groups attached to an aromatic ring is 1. The first-order chi connectivity index (χ1) is 9.75. The minimum atomic E-state index is 0.366. The predicted molar refractivity (Wildman–Crippen MR) is 78.7 cm³/mol. The van der Waals surface area contributed by atoms with E-state index in [-0.39, 0.29) is 0 Å². The van der Waals surface area contributed by atoms with Gasteiger partial charge in [-0.2, -0.15) is 0 Å². The van der Waals surface area contributed by atoms with Crippen LogP contribution in [-0.4, -0.2) is 54.2 Å². The molecule has 1 fully saturated rings. The third-order valence-electron chi connectivity index (χ3n) is 3.73. The van der Waals surface area contributed by atoms with Crippen LogP contribution in [0.1, 0.15) is 0 Å². The molecule has 1 unspecified atom stereocenters. The maximum absolute atomic E-state index is 5.97. The van der Waals surface area contributed by atoms with Crippen LogP contribution in [0.5, 0.6) is 5.75 Å². The first-order valence-electron chi connectivity index (χ1n) is 6.78. The Labute approximate surface area is 117 Å². The Morgan fingerprint density at radius 1 is 1.45 bits per heavy atom. The van der Waals surface area contributed by atoms with Crippen LogP contribution in [0.3, 0.4) is 0 Å². The van der Waals surface area contributed by atoms with Crippen LogP contribution in [0.15, 0.2) is 24.5 Å². The van der Waals surface area contributed by atoms with E-state index in [4.69, 9.17) is 10.5 Å². The number of nitrogens with one attached hydrogen (secondary N) is 1. The topological polar surface area (TPSA) is 76.3 Å². The lowest BCUT2D eigenvalue weighted by Gasteiger charge is -2.32. The van der Waals surface area contributed by atoms with Gasteiger partial charge >= 0.3 is 0 Å². The molecule has 0 spiro atoms. The number of hydrogen-bond acceptors (Lipinski definition) is 6. The zero-order chi connectivity index (χ0) is 13.9. The number of likely N-dealkylation sites (N-methyl/N-ethyl adjacent to an activating group) is 1. The number of anilines is 1. The minimum absolute atomic E-state index is 0.366. The van der Waals surface area contributed by atoms with E-state index in [2.05, 4.69) is 27.2 Å². The van der Waals surface area contributed by atoms with Crippen LogP contribution in [0.2, 0.25) is 0 Å². The Balaban J connectivity index is 1.80. The van der Waals surface area contributed by atoms with Crippen molar-refractivity contribution >= 4 is 16.7 Å². The summed E-state index contributed by atoms with van der Waals surface area (Å²) < 4.78 is 5.97. The summed E-state index contributed by atoms with van der Waals surface area (Å²) in [6.45, 7) is 3.63. The molecule has 0 aliphatic carbocycles. The Kier molecular flexibility index (Phi) is 3.66. The van der Waals surface area contributed by atoms with Crippen LogP contribution >= 0.6 is 0 Å². The number of aromatic nitrogens is 2. The predicted octanol–water partition coefficient (Wildman–Crippen LogP) is 0.494. The van der Waals surface area contributed by atoms with Crippen molar-refractivity contribution in [2.45, 2.75) is 6.04 Å². The van der Waals surface area contributed by atoms with Crippen LogP contribution in [-0.2, 0) is 0 Å². The lowest BCUT2D eigenvalue weighted by Crippen LogP contribution is -2.51. The summed E-state index contributed by atoms with van der Waals surface area (Å²) in [6, 6.07) is 6.12. The molecule has 3 N–H and O–H groups in total. The lowest BCUT2D eigenvalue weighted by atomic mass is 10.2. The van der Waals surface area contributed by atoms with E-state index in [0.29, 0.717) is 18.5 Å². The summed E-state index contributed by atoms with van der Waals surface area (Å²) in [7, 11) is 2.12. The van der Waals surface area contributed by atoms with E-state index in [1.54, 1.807) is 0 Å². The number of nitrogens with zero attached hydrogens (tertiary/aromatic N) is 3. The summed E-state index contributed by atoms with van der Waals surface area (Å²) in [5.41, 5.74) is 6.75. The van der Waals surface area contributed by atoms with Crippen molar-refractivity contribution in [2.24, 2.45) is 0 Å². The molecule has 0 saturated carbocycles. The van der Waals surface area contributed by atoms with E-state index < -0.39 is 0 Å². The van der Waals surface area contributed by atoms with Crippen molar-refractivity contribution in [3.8, 4) is 5.75 Å². The Bertz CT molecular complexity index is 598. The van der Waals surface area contributed by atoms with Crippen LogP contribution < -0.4 is 15.8 Å². The van der Waals surface area contributed by atoms with Gasteiger partial charge in [0.05, 0.1) is 16.9 Å². The highest BCUT2D eigenvalue weighted by molar-refractivity contribution is 5.93. The fourth-order valence-electron chi connectivity index (χ4n) is 2.46. The van der Waals surface area contributed by atoms with Gasteiger partial charge in [-0.05, 0) is 19.2 Å². The zero-order valence-corrected chi connectivity index (χ0v) is 11.5. The molecule has 1 aliphatic rings. The molecular formula is C14H19N5O. The molecule has 0 amide bonds. The molecule has 1 aromatic heterocycles. The number of piperazine rings is 1. The molecule has 1 aromatic carbocycles. The third-order valence-corrected chi connectivity index (χ3v) is 3.73. The van der Waals surface area contributed by atoms with Gasteiger partial charge in [0.15, 0.2) is 0 Å². The van der Waals surface area contributed by atoms with Crippen LogP contribution in [0, 0.1) is 0 Å². The van der Waals surface area contributed by atoms with Crippen molar-refractivity contribution in [1.82, 2.24) is 20.2 Å². The van der Waals surface area contributed by atoms with Gasteiger partial charge < -0.3 is 15.8 Å². The number of fused-ring (bicyclic) bond motifs is 1. The Morgan fingerprint density at radius 3 is 3.20 bits per heavy atom. The molecule has 3 rings (SSSR count). The monoisotopic (exact) mass is 273 g/mol. The van der Waals surface area contributed by atoms with Gasteiger partial charge in [0.25, 0.3) is 0 Å². The first kappa shape index (κ1) is 13.1. The molecule has 0 radical (unpaired) electrons. The van der Waals surface area contributed by atoms with E-state index in [1.165, 1.54) is 6.33 Å². The molecular weight excluding hydrogens is 254 g/mol. The van der Waals surface area contributed by atoms with E-state index in [9.17, 15) is 0 Å². The van der Waals surface area contributed by atoms with E-state index in [0.717, 1.165) is 36.3 Å². The number of hydrogen-bond donors (Lipinski definition) is 2. The number of ether oxygens (including phenoxy) is 1. The summed E-state index contributed by atoms with van der Waals surface area (Å²) >= 11 is 0. The molecule has 1 atom stereocenters. The normalized spacial score (nSPS) is 20.1. The molecule has 1 saturated heterocycles. The number of rotatable bonds is 3. The molecule has 106 valence electrons. The quantitative estimate of drug-likeness (QED) is 0.848. The average Bonchev–Trinajstić information content (AvgIpc) is 2.46. The molecule has 6 heteroatoms. The highest BCUT2D eigenvalue weighted by atomic mass is 16.5. The average molecular weight is 273 g/mol. The minimum Gasteiger partial charge on any atom is -0.491 e. The summed E-state index contributed by atoms with van der Waals surface area (Å²) in [4.78, 5) is 10.6. The first-order valence-corrected chi connectivity index (χ1v) is 6.78. The second-order valence-corrected chi connectivity index (χ2v) is 5.06. The van der Waals surface area contributed by atoms with Crippen molar-refractivity contribution < 1.29 is 4.74 Å². The molecule has 2 aromatic rings. The van der Waals surface area contributed by atoms with Gasteiger partial charge in [-0.25, -0.2) is 9.97 Å². The third kappa shape index (κ3) is 2.52. The van der Waals surface area contributed by atoms with E-state index in [1.807, 2.05) is 18.2 Å². The number of benzene rings is 1. The van der Waals surface area contributed by atoms with Crippen molar-refractivity contribution in [2.75, 3.05) is 39.0 Å². The van der Waals surface area contributed by atoms with Crippen LogP contribution in [0.25, 0.3) is 10.9 Å². The summed E-state index contributed by atoms with van der Waals surface area (Å²) in [5.74, 6) is 1.21. The lowest BCUT2D eigenvalue weighted by molar-refractivity contribution is 0.137. The van der Waals surface area contributed by atoms with Crippen molar-refractivity contribution in [1.29, 1.82) is 0 Å². The standard InChI is InChI=1S/C14H19N5O/c1-19-6-5-16-7-10(19)8-20-12-4-2-3-11-13(12)14(15)18-9-17-11/h2-4,9-10,16H,5-8H2,1H3,(H2,15,17,18). The summed E-state index contributed by atoms with van der Waals surface area (Å²) in [5, 5.41) is 4.17. The van der Waals surface area contributed by atoms with Gasteiger partial charge in [0.2, 0.25) is 0 Å². The highest BCUT2D eigenvalue weighted by Gasteiger charge is 2.19. The van der Waals surface area contributed by atoms with Crippen LogP contribution in [0.4, 0.5) is 5.82 Å². The molecule has 20 heavy (non-hydrogen) atoms. The van der Waals surface area contributed by atoms with Gasteiger partial charge in [-0.1, -0.05) is 6.07 Å². The second kappa shape index (κ2) is 5.60. The molecule has 0 bridgehead atoms. The number of nitrogens with two attached hydrogens (primary N) is 1. The van der Waals surface area contributed by atoms with Gasteiger partial charge in [-0.15, -0.1) is 0 Å². The molecule has 6 nitrogen and oxygen atoms in total. The zero-order valence-electron chi connectivity index (χ0n) is 11.5. The maximum Gasteiger partial charge on any atom is 0.138 e. The molecule has 2 heterocycles. The molecule has 1 aliphatic heterocycles. The SMILES string of the molecule is CN1CCNCC1COc1cccc2ncnc(N)c12. The Hall–Kier alpha value is -1.92. The summed E-state index contributed by atoms with van der Waals surface area (Å²) in [6.07, 6.45) is 1.47. The van der Waals surface area contributed by atoms with Crippen molar-refractivity contribution in [3.05, 3.63) is 24.5 Å². The Morgan fingerprint density at radius 2 is 2.35 bits per heavy atom. The van der Waals surface area contributed by atoms with E-state index >= 15 is 0 Å². The maximum atomic E-state index is 5.97. The largest absolute Gasteiger partial charge is 0.491 e. The fraction of sp³-hybridized carbons (Fsp3) is 0.429. The van der Waals surface area contributed by atoms with Gasteiger partial charge in [0, 0.05) is 19.6 Å². The van der Waals surface area contributed by atoms with Gasteiger partial charge in [-0.3, -0.25) is 4.90 Å². The second-order valence-electron chi connectivity index (χ2n) is 5.06. The van der Waals surface area contributed by atoms with Crippen molar-refractivity contribution in [3.63, 3.8) is 0 Å². The fourth-order valence-corrected chi connectivity index (χ4v) is 2.46.